The van der Waals surface area contributed by atoms with Crippen molar-refractivity contribution < 1.29 is 19.7 Å². The van der Waals surface area contributed by atoms with E-state index in [1.54, 1.807) is 6.07 Å². The van der Waals surface area contributed by atoms with Crippen molar-refractivity contribution in [2.75, 3.05) is 7.11 Å². The molecule has 0 spiro atoms. The van der Waals surface area contributed by atoms with Crippen molar-refractivity contribution in [3.63, 3.8) is 0 Å². The van der Waals surface area contributed by atoms with Gasteiger partial charge >= 0.3 is 5.97 Å². The standard InChI is InChI=1S/C14H17ClO4/c1-19-11-8-9(15)7-10(12(11)16)14(13(17)18)5-3-2-4-6-14/h7-8,16H,2-6H2,1H3,(H,17,18). The Morgan fingerprint density at radius 2 is 1.95 bits per heavy atom. The highest BCUT2D eigenvalue weighted by Crippen LogP contribution is 2.47. The number of phenolic OH excluding ortho intramolecular Hbond substituents is 1. The van der Waals surface area contributed by atoms with Gasteiger partial charge in [0.1, 0.15) is 0 Å². The number of methoxy groups -OCH3 is 1. The number of carbonyl (C=O) groups is 1. The molecule has 0 aliphatic heterocycles. The van der Waals surface area contributed by atoms with E-state index in [0.717, 1.165) is 19.3 Å². The van der Waals surface area contributed by atoms with Crippen LogP contribution in [0, 0.1) is 0 Å². The van der Waals surface area contributed by atoms with Gasteiger partial charge in [0.15, 0.2) is 11.5 Å². The number of hydrogen-bond acceptors (Lipinski definition) is 3. The molecule has 2 N–H and O–H groups in total. The summed E-state index contributed by atoms with van der Waals surface area (Å²) in [6.45, 7) is 0. The van der Waals surface area contributed by atoms with Crippen LogP contribution in [0.5, 0.6) is 11.5 Å². The van der Waals surface area contributed by atoms with Gasteiger partial charge in [0.2, 0.25) is 0 Å². The van der Waals surface area contributed by atoms with Crippen LogP contribution in [-0.4, -0.2) is 23.3 Å². The van der Waals surface area contributed by atoms with E-state index < -0.39 is 11.4 Å². The lowest BCUT2D eigenvalue weighted by molar-refractivity contribution is -0.145. The van der Waals surface area contributed by atoms with Crippen molar-refractivity contribution in [3.8, 4) is 11.5 Å². The van der Waals surface area contributed by atoms with E-state index in [-0.39, 0.29) is 11.5 Å². The summed E-state index contributed by atoms with van der Waals surface area (Å²) in [5.74, 6) is -0.809. The Kier molecular flexibility index (Phi) is 3.90. The van der Waals surface area contributed by atoms with Crippen molar-refractivity contribution in [1.82, 2.24) is 0 Å². The smallest absolute Gasteiger partial charge is 0.314 e. The van der Waals surface area contributed by atoms with Gasteiger partial charge in [-0.15, -0.1) is 0 Å². The molecule has 0 radical (unpaired) electrons. The van der Waals surface area contributed by atoms with E-state index in [9.17, 15) is 15.0 Å². The Hall–Kier alpha value is -1.42. The maximum absolute atomic E-state index is 11.7. The van der Waals surface area contributed by atoms with E-state index in [1.165, 1.54) is 13.2 Å². The molecule has 0 unspecified atom stereocenters. The number of benzene rings is 1. The normalized spacial score (nSPS) is 18.0. The minimum absolute atomic E-state index is 0.115. The molecule has 0 atom stereocenters. The van der Waals surface area contributed by atoms with Gasteiger partial charge in [-0.25, -0.2) is 0 Å². The minimum atomic E-state index is -1.06. The summed E-state index contributed by atoms with van der Waals surface area (Å²) in [7, 11) is 1.42. The SMILES string of the molecule is COc1cc(Cl)cc(C2(C(=O)O)CCCCC2)c1O. The predicted molar refractivity (Wildman–Crippen MR) is 72.1 cm³/mol. The Morgan fingerprint density at radius 3 is 2.47 bits per heavy atom. The number of aliphatic carboxylic acids is 1. The van der Waals surface area contributed by atoms with Crippen molar-refractivity contribution in [2.45, 2.75) is 37.5 Å². The maximum atomic E-state index is 11.7. The van der Waals surface area contributed by atoms with Crippen LogP contribution >= 0.6 is 11.6 Å². The number of aromatic hydroxyl groups is 1. The molecule has 1 aromatic carbocycles. The van der Waals surface area contributed by atoms with Crippen LogP contribution in [0.3, 0.4) is 0 Å². The highest BCUT2D eigenvalue weighted by molar-refractivity contribution is 6.31. The molecular weight excluding hydrogens is 268 g/mol. The van der Waals surface area contributed by atoms with E-state index >= 15 is 0 Å². The van der Waals surface area contributed by atoms with Crippen LogP contribution in [0.4, 0.5) is 0 Å². The molecule has 1 aliphatic rings. The summed E-state index contributed by atoms with van der Waals surface area (Å²) in [4.78, 5) is 11.7. The third-order valence-corrected chi connectivity index (χ3v) is 4.11. The van der Waals surface area contributed by atoms with Gasteiger partial charge in [0.05, 0.1) is 12.5 Å². The predicted octanol–water partition coefficient (Wildman–Crippen LogP) is 3.34. The first-order valence-corrected chi connectivity index (χ1v) is 6.69. The summed E-state index contributed by atoms with van der Waals surface area (Å²) < 4.78 is 5.05. The van der Waals surface area contributed by atoms with Gasteiger partial charge in [0, 0.05) is 16.7 Å². The first-order chi connectivity index (χ1) is 9.01. The molecule has 0 aromatic heterocycles. The molecule has 0 amide bonds. The molecule has 0 saturated heterocycles. The average molecular weight is 285 g/mol. The number of carboxylic acid groups (broad SMARTS) is 1. The third-order valence-electron chi connectivity index (χ3n) is 3.89. The van der Waals surface area contributed by atoms with Crippen molar-refractivity contribution in [1.29, 1.82) is 0 Å². The van der Waals surface area contributed by atoms with Crippen molar-refractivity contribution in [2.24, 2.45) is 0 Å². The molecule has 0 bridgehead atoms. The van der Waals surface area contributed by atoms with Crippen LogP contribution in [0.15, 0.2) is 12.1 Å². The highest BCUT2D eigenvalue weighted by Gasteiger charge is 2.43. The summed E-state index contributed by atoms with van der Waals surface area (Å²) in [5, 5.41) is 20.2. The number of carboxylic acids is 1. The largest absolute Gasteiger partial charge is 0.504 e. The Labute approximate surface area is 117 Å². The van der Waals surface area contributed by atoms with E-state index in [2.05, 4.69) is 0 Å². The van der Waals surface area contributed by atoms with Gasteiger partial charge in [-0.1, -0.05) is 30.9 Å². The van der Waals surface area contributed by atoms with Crippen LogP contribution in [-0.2, 0) is 10.2 Å². The van der Waals surface area contributed by atoms with Crippen LogP contribution in [0.2, 0.25) is 5.02 Å². The first kappa shape index (κ1) is 14.0. The lowest BCUT2D eigenvalue weighted by Crippen LogP contribution is -2.37. The molecule has 4 nitrogen and oxygen atoms in total. The monoisotopic (exact) mass is 284 g/mol. The summed E-state index contributed by atoms with van der Waals surface area (Å²) in [6.07, 6.45) is 3.72. The molecule has 5 heteroatoms. The molecule has 0 heterocycles. The number of halogens is 1. The average Bonchev–Trinajstić information content (AvgIpc) is 2.41. The Bertz CT molecular complexity index is 492. The topological polar surface area (TPSA) is 66.8 Å². The highest BCUT2D eigenvalue weighted by atomic mass is 35.5. The van der Waals surface area contributed by atoms with Gasteiger partial charge in [-0.2, -0.15) is 0 Å². The molecule has 2 rings (SSSR count). The molecule has 1 saturated carbocycles. The lowest BCUT2D eigenvalue weighted by atomic mass is 9.69. The number of hydrogen-bond donors (Lipinski definition) is 2. The van der Waals surface area contributed by atoms with Crippen LogP contribution < -0.4 is 4.74 Å². The van der Waals surface area contributed by atoms with E-state index in [0.29, 0.717) is 23.4 Å². The number of phenols is 1. The minimum Gasteiger partial charge on any atom is -0.504 e. The zero-order valence-electron chi connectivity index (χ0n) is 10.8. The second kappa shape index (κ2) is 5.29. The van der Waals surface area contributed by atoms with Crippen molar-refractivity contribution >= 4 is 17.6 Å². The molecule has 1 aliphatic carbocycles. The van der Waals surface area contributed by atoms with Gasteiger partial charge < -0.3 is 14.9 Å². The Balaban J connectivity index is 2.59. The molecule has 1 aromatic rings. The van der Waals surface area contributed by atoms with Gasteiger partial charge in [-0.05, 0) is 18.9 Å². The maximum Gasteiger partial charge on any atom is 0.314 e. The lowest BCUT2D eigenvalue weighted by Gasteiger charge is -2.34. The van der Waals surface area contributed by atoms with Gasteiger partial charge in [0.25, 0.3) is 0 Å². The van der Waals surface area contributed by atoms with Gasteiger partial charge in [-0.3, -0.25) is 4.79 Å². The van der Waals surface area contributed by atoms with Crippen LogP contribution in [0.25, 0.3) is 0 Å². The summed E-state index contributed by atoms with van der Waals surface area (Å²) in [5.41, 5.74) is -0.690. The zero-order chi connectivity index (χ0) is 14.0. The zero-order valence-corrected chi connectivity index (χ0v) is 11.5. The fraction of sp³-hybridized carbons (Fsp3) is 0.500. The van der Waals surface area contributed by atoms with Crippen molar-refractivity contribution in [3.05, 3.63) is 22.7 Å². The molecule has 1 fully saturated rings. The Morgan fingerprint density at radius 1 is 1.32 bits per heavy atom. The van der Waals surface area contributed by atoms with E-state index in [4.69, 9.17) is 16.3 Å². The van der Waals surface area contributed by atoms with E-state index in [1.807, 2.05) is 0 Å². The fourth-order valence-corrected chi connectivity index (χ4v) is 3.06. The number of rotatable bonds is 3. The molecule has 104 valence electrons. The fourth-order valence-electron chi connectivity index (χ4n) is 2.85. The van der Waals surface area contributed by atoms with Crippen LogP contribution in [0.1, 0.15) is 37.7 Å². The summed E-state index contributed by atoms with van der Waals surface area (Å²) >= 11 is 6.00. The quantitative estimate of drug-likeness (QED) is 0.893. The summed E-state index contributed by atoms with van der Waals surface area (Å²) in [6, 6.07) is 3.03. The number of ether oxygens (including phenoxy) is 1. The second-order valence-corrected chi connectivity index (χ2v) is 5.39. The molecular formula is C14H17ClO4. The second-order valence-electron chi connectivity index (χ2n) is 4.95. The molecule has 19 heavy (non-hydrogen) atoms. The first-order valence-electron chi connectivity index (χ1n) is 6.31. The third kappa shape index (κ3) is 2.37.